The third kappa shape index (κ3) is 2.48. The smallest absolute Gasteiger partial charge is 0.275 e. The summed E-state index contributed by atoms with van der Waals surface area (Å²) in [5.74, 6) is 5.64. The predicted octanol–water partition coefficient (Wildman–Crippen LogP) is -1.90. The highest BCUT2D eigenvalue weighted by molar-refractivity contribution is 5.39. The zero-order chi connectivity index (χ0) is 12.4. The third-order valence-corrected chi connectivity index (χ3v) is 2.62. The van der Waals surface area contributed by atoms with Crippen LogP contribution in [0.3, 0.4) is 0 Å². The van der Waals surface area contributed by atoms with E-state index < -0.39 is 5.56 Å². The number of aliphatic hydroxyl groups is 1. The lowest BCUT2D eigenvalue weighted by molar-refractivity contribution is 0.0588. The van der Waals surface area contributed by atoms with Gasteiger partial charge < -0.3 is 26.7 Å². The van der Waals surface area contributed by atoms with Crippen LogP contribution >= 0.6 is 0 Å². The standard InChI is InChI=1S/C9H15N5O3/c10-9-13-7(2-8(16)14(9)11)12-5-1-6(3-15)17-4-5/h2,5-6,12,15H,1,3-4,11H2,(H2,10,13). The van der Waals surface area contributed by atoms with Gasteiger partial charge in [0.25, 0.3) is 5.56 Å². The molecule has 0 saturated carbocycles. The van der Waals surface area contributed by atoms with Gasteiger partial charge in [-0.05, 0) is 6.42 Å². The summed E-state index contributed by atoms with van der Waals surface area (Å²) in [5.41, 5.74) is 5.03. The van der Waals surface area contributed by atoms with Crippen molar-refractivity contribution in [3.8, 4) is 0 Å². The fourth-order valence-electron chi connectivity index (χ4n) is 1.73. The molecule has 17 heavy (non-hydrogen) atoms. The SMILES string of the molecule is Nc1nc(NC2COC(CO)C2)cc(=O)n1N. The number of nitrogens with two attached hydrogens (primary N) is 2. The van der Waals surface area contributed by atoms with E-state index in [4.69, 9.17) is 21.4 Å². The molecule has 0 aromatic carbocycles. The Labute approximate surface area is 97.2 Å². The van der Waals surface area contributed by atoms with Crippen LogP contribution in [0.15, 0.2) is 10.9 Å². The maximum absolute atomic E-state index is 11.4. The molecule has 6 N–H and O–H groups in total. The van der Waals surface area contributed by atoms with Crippen LogP contribution in [0.1, 0.15) is 6.42 Å². The van der Waals surface area contributed by atoms with Crippen molar-refractivity contribution in [1.29, 1.82) is 0 Å². The van der Waals surface area contributed by atoms with Crippen LogP contribution in [0.2, 0.25) is 0 Å². The number of nitrogen functional groups attached to an aromatic ring is 2. The molecule has 8 heteroatoms. The molecule has 0 amide bonds. The van der Waals surface area contributed by atoms with E-state index in [1.54, 1.807) is 0 Å². The number of nitrogens with zero attached hydrogens (tertiary/aromatic N) is 2. The summed E-state index contributed by atoms with van der Waals surface area (Å²) in [6.45, 7) is 0.441. The first-order valence-electron chi connectivity index (χ1n) is 5.24. The van der Waals surface area contributed by atoms with Crippen LogP contribution in [0, 0.1) is 0 Å². The Balaban J connectivity index is 2.07. The number of hydrogen-bond acceptors (Lipinski definition) is 7. The van der Waals surface area contributed by atoms with Gasteiger partial charge in [-0.1, -0.05) is 0 Å². The Kier molecular flexibility index (Phi) is 3.16. The molecule has 2 rings (SSSR count). The van der Waals surface area contributed by atoms with Gasteiger partial charge in [0.1, 0.15) is 5.82 Å². The van der Waals surface area contributed by atoms with E-state index in [1.807, 2.05) is 0 Å². The van der Waals surface area contributed by atoms with Crippen molar-refractivity contribution < 1.29 is 9.84 Å². The van der Waals surface area contributed by atoms with Crippen molar-refractivity contribution in [1.82, 2.24) is 9.66 Å². The van der Waals surface area contributed by atoms with Crippen molar-refractivity contribution in [2.45, 2.75) is 18.6 Å². The van der Waals surface area contributed by atoms with E-state index in [-0.39, 0.29) is 24.7 Å². The van der Waals surface area contributed by atoms with Crippen LogP contribution < -0.4 is 22.5 Å². The van der Waals surface area contributed by atoms with Gasteiger partial charge in [0.05, 0.1) is 25.4 Å². The number of aromatic nitrogens is 2. The van der Waals surface area contributed by atoms with Crippen LogP contribution in [0.25, 0.3) is 0 Å². The molecule has 8 nitrogen and oxygen atoms in total. The molecule has 2 unspecified atom stereocenters. The monoisotopic (exact) mass is 241 g/mol. The minimum Gasteiger partial charge on any atom is -0.394 e. The average Bonchev–Trinajstić information content (AvgIpc) is 2.73. The second-order valence-electron chi connectivity index (χ2n) is 3.92. The van der Waals surface area contributed by atoms with Gasteiger partial charge >= 0.3 is 0 Å². The Hall–Kier alpha value is -1.80. The van der Waals surface area contributed by atoms with E-state index in [0.29, 0.717) is 18.8 Å². The summed E-state index contributed by atoms with van der Waals surface area (Å²) in [7, 11) is 0. The normalized spacial score (nSPS) is 23.8. The highest BCUT2D eigenvalue weighted by Crippen LogP contribution is 2.16. The minimum absolute atomic E-state index is 0.00655. The lowest BCUT2D eigenvalue weighted by Gasteiger charge is -2.12. The maximum atomic E-state index is 11.4. The Morgan fingerprint density at radius 3 is 3.06 bits per heavy atom. The fraction of sp³-hybridized carbons (Fsp3) is 0.556. The van der Waals surface area contributed by atoms with Crippen LogP contribution in [-0.2, 0) is 4.74 Å². The maximum Gasteiger partial charge on any atom is 0.275 e. The zero-order valence-corrected chi connectivity index (χ0v) is 9.17. The molecule has 2 atom stereocenters. The number of aliphatic hydroxyl groups excluding tert-OH is 1. The summed E-state index contributed by atoms with van der Waals surface area (Å²) in [4.78, 5) is 15.3. The van der Waals surface area contributed by atoms with Crippen molar-refractivity contribution in [3.05, 3.63) is 16.4 Å². The number of anilines is 2. The van der Waals surface area contributed by atoms with Crippen LogP contribution in [0.4, 0.5) is 11.8 Å². The highest BCUT2D eigenvalue weighted by atomic mass is 16.5. The van der Waals surface area contributed by atoms with E-state index in [2.05, 4.69) is 10.3 Å². The van der Waals surface area contributed by atoms with Gasteiger partial charge in [-0.2, -0.15) is 9.66 Å². The van der Waals surface area contributed by atoms with Gasteiger partial charge in [-0.25, -0.2) is 0 Å². The molecular weight excluding hydrogens is 226 g/mol. The summed E-state index contributed by atoms with van der Waals surface area (Å²) in [6.07, 6.45) is 0.490. The molecule has 1 aliphatic rings. The summed E-state index contributed by atoms with van der Waals surface area (Å²) >= 11 is 0. The van der Waals surface area contributed by atoms with Crippen molar-refractivity contribution in [2.24, 2.45) is 0 Å². The largest absolute Gasteiger partial charge is 0.394 e. The molecule has 0 bridgehead atoms. The van der Waals surface area contributed by atoms with Crippen LogP contribution in [-0.4, -0.2) is 40.1 Å². The molecule has 1 aromatic heterocycles. The molecule has 1 aromatic rings. The topological polar surface area (TPSA) is 128 Å². The second-order valence-corrected chi connectivity index (χ2v) is 3.92. The molecule has 1 aliphatic heterocycles. The lowest BCUT2D eigenvalue weighted by Crippen LogP contribution is -2.31. The highest BCUT2D eigenvalue weighted by Gasteiger charge is 2.25. The summed E-state index contributed by atoms with van der Waals surface area (Å²) < 4.78 is 6.06. The summed E-state index contributed by atoms with van der Waals surface area (Å²) in [5, 5.41) is 11.9. The average molecular weight is 241 g/mol. The minimum atomic E-state index is -0.433. The predicted molar refractivity (Wildman–Crippen MR) is 61.9 cm³/mol. The Bertz CT molecular complexity index is 460. The van der Waals surface area contributed by atoms with Crippen molar-refractivity contribution in [2.75, 3.05) is 30.1 Å². The first kappa shape index (κ1) is 11.7. The van der Waals surface area contributed by atoms with E-state index >= 15 is 0 Å². The lowest BCUT2D eigenvalue weighted by atomic mass is 10.2. The van der Waals surface area contributed by atoms with Gasteiger partial charge in [0.2, 0.25) is 5.95 Å². The number of ether oxygens (including phenoxy) is 1. The molecular formula is C9H15N5O3. The van der Waals surface area contributed by atoms with Crippen molar-refractivity contribution in [3.63, 3.8) is 0 Å². The molecule has 2 heterocycles. The zero-order valence-electron chi connectivity index (χ0n) is 9.17. The molecule has 0 spiro atoms. The Morgan fingerprint density at radius 2 is 2.47 bits per heavy atom. The first-order chi connectivity index (χ1) is 8.10. The first-order valence-corrected chi connectivity index (χ1v) is 5.24. The fourth-order valence-corrected chi connectivity index (χ4v) is 1.73. The van der Waals surface area contributed by atoms with Crippen LogP contribution in [0.5, 0.6) is 0 Å². The summed E-state index contributed by atoms with van der Waals surface area (Å²) in [6, 6.07) is 1.27. The number of nitrogens with one attached hydrogen (secondary N) is 1. The third-order valence-electron chi connectivity index (χ3n) is 2.62. The quantitative estimate of drug-likeness (QED) is 0.455. The van der Waals surface area contributed by atoms with Crippen molar-refractivity contribution >= 4 is 11.8 Å². The van der Waals surface area contributed by atoms with Gasteiger partial charge in [-0.15, -0.1) is 0 Å². The molecule has 94 valence electrons. The molecule has 1 saturated heterocycles. The second kappa shape index (κ2) is 4.60. The molecule has 1 fully saturated rings. The van der Waals surface area contributed by atoms with E-state index in [9.17, 15) is 4.79 Å². The number of hydrogen-bond donors (Lipinski definition) is 4. The van der Waals surface area contributed by atoms with Gasteiger partial charge in [0, 0.05) is 6.07 Å². The van der Waals surface area contributed by atoms with E-state index in [1.165, 1.54) is 6.07 Å². The Morgan fingerprint density at radius 1 is 1.71 bits per heavy atom. The van der Waals surface area contributed by atoms with Gasteiger partial charge in [0.15, 0.2) is 0 Å². The molecule has 0 radical (unpaired) electrons. The van der Waals surface area contributed by atoms with Gasteiger partial charge in [-0.3, -0.25) is 4.79 Å². The molecule has 0 aliphatic carbocycles. The number of rotatable bonds is 3. The van der Waals surface area contributed by atoms with E-state index in [0.717, 1.165) is 4.68 Å².